The Hall–Kier alpha value is -2.08. The number of rotatable bonds is 8. The van der Waals surface area contributed by atoms with Crippen molar-refractivity contribution in [2.45, 2.75) is 45.3 Å². The number of hydrogen-bond donors (Lipinski definition) is 2. The Labute approximate surface area is 142 Å². The van der Waals surface area contributed by atoms with Crippen molar-refractivity contribution in [3.63, 3.8) is 0 Å². The van der Waals surface area contributed by atoms with Gasteiger partial charge in [-0.2, -0.15) is 0 Å². The highest BCUT2D eigenvalue weighted by molar-refractivity contribution is 5.80. The van der Waals surface area contributed by atoms with Crippen molar-refractivity contribution < 1.29 is 19.4 Å². The number of carbonyl (C=O) groups is 2. The number of nitrogens with one attached hydrogen (secondary N) is 1. The standard InChI is InChI=1S/C18H26N2O4/c1-13(2)24-15-7-5-14(6-8-15)9-10-19-17(21)12-20-11-3-4-16(20)18(22)23/h5-8,13,16H,3-4,9-12H2,1-2H3,(H,19,21)(H,22,23)/t16-/m1/s1. The lowest BCUT2D eigenvalue weighted by Crippen LogP contribution is -2.43. The third-order valence-electron chi connectivity index (χ3n) is 4.03. The molecule has 0 saturated carbocycles. The lowest BCUT2D eigenvalue weighted by Gasteiger charge is -2.20. The molecule has 6 nitrogen and oxygen atoms in total. The van der Waals surface area contributed by atoms with E-state index in [9.17, 15) is 9.59 Å². The van der Waals surface area contributed by atoms with E-state index in [4.69, 9.17) is 9.84 Å². The van der Waals surface area contributed by atoms with Crippen LogP contribution in [-0.2, 0) is 16.0 Å². The topological polar surface area (TPSA) is 78.9 Å². The van der Waals surface area contributed by atoms with Crippen molar-refractivity contribution in [2.24, 2.45) is 0 Å². The number of aliphatic carboxylic acids is 1. The minimum absolute atomic E-state index is 0.122. The number of carboxylic acids is 1. The molecule has 24 heavy (non-hydrogen) atoms. The molecule has 0 bridgehead atoms. The number of nitrogens with zero attached hydrogens (tertiary/aromatic N) is 1. The average molecular weight is 334 g/mol. The summed E-state index contributed by atoms with van der Waals surface area (Å²) in [5.74, 6) is -0.126. The van der Waals surface area contributed by atoms with Gasteiger partial charge in [-0.05, 0) is 57.4 Å². The van der Waals surface area contributed by atoms with Crippen molar-refractivity contribution in [3.8, 4) is 5.75 Å². The molecule has 1 saturated heterocycles. The maximum absolute atomic E-state index is 12.0. The smallest absolute Gasteiger partial charge is 0.320 e. The first kappa shape index (κ1) is 18.3. The van der Waals surface area contributed by atoms with Crippen molar-refractivity contribution in [3.05, 3.63) is 29.8 Å². The molecule has 1 aliphatic rings. The molecule has 1 amide bonds. The van der Waals surface area contributed by atoms with Gasteiger partial charge in [0, 0.05) is 6.54 Å². The van der Waals surface area contributed by atoms with E-state index in [1.54, 1.807) is 4.90 Å². The summed E-state index contributed by atoms with van der Waals surface area (Å²) in [4.78, 5) is 24.8. The minimum atomic E-state index is -0.844. The first-order chi connectivity index (χ1) is 11.5. The van der Waals surface area contributed by atoms with Gasteiger partial charge in [-0.3, -0.25) is 14.5 Å². The fourth-order valence-corrected chi connectivity index (χ4v) is 2.89. The van der Waals surface area contributed by atoms with Crippen LogP contribution in [0.4, 0.5) is 0 Å². The zero-order chi connectivity index (χ0) is 17.5. The SMILES string of the molecule is CC(C)Oc1ccc(CCNC(=O)CN2CCC[C@@H]2C(=O)O)cc1. The fraction of sp³-hybridized carbons (Fsp3) is 0.556. The Morgan fingerprint density at radius 2 is 2.04 bits per heavy atom. The third-order valence-corrected chi connectivity index (χ3v) is 4.03. The van der Waals surface area contributed by atoms with E-state index in [2.05, 4.69) is 5.32 Å². The van der Waals surface area contributed by atoms with E-state index in [0.717, 1.165) is 24.2 Å². The monoisotopic (exact) mass is 334 g/mol. The Balaban J connectivity index is 1.71. The van der Waals surface area contributed by atoms with Crippen LogP contribution in [0.15, 0.2) is 24.3 Å². The van der Waals surface area contributed by atoms with E-state index >= 15 is 0 Å². The summed E-state index contributed by atoms with van der Waals surface area (Å²) in [6, 6.07) is 7.32. The highest BCUT2D eigenvalue weighted by Gasteiger charge is 2.31. The zero-order valence-corrected chi connectivity index (χ0v) is 14.3. The van der Waals surface area contributed by atoms with E-state index in [-0.39, 0.29) is 18.6 Å². The second-order valence-corrected chi connectivity index (χ2v) is 6.38. The minimum Gasteiger partial charge on any atom is -0.491 e. The van der Waals surface area contributed by atoms with Crippen LogP contribution in [0.3, 0.4) is 0 Å². The molecule has 0 aliphatic carbocycles. The summed E-state index contributed by atoms with van der Waals surface area (Å²) in [6.07, 6.45) is 2.33. The molecule has 1 heterocycles. The van der Waals surface area contributed by atoms with Gasteiger partial charge >= 0.3 is 5.97 Å². The van der Waals surface area contributed by atoms with Crippen LogP contribution in [0.2, 0.25) is 0 Å². The number of benzene rings is 1. The molecule has 0 aromatic heterocycles. The fourth-order valence-electron chi connectivity index (χ4n) is 2.89. The number of carboxylic acid groups (broad SMARTS) is 1. The molecule has 1 atom stereocenters. The Bertz CT molecular complexity index is 557. The molecule has 1 aromatic rings. The number of carbonyl (C=O) groups excluding carboxylic acids is 1. The summed E-state index contributed by atoms with van der Waals surface area (Å²) in [5.41, 5.74) is 1.12. The normalized spacial score (nSPS) is 17.9. The molecule has 1 aliphatic heterocycles. The van der Waals surface area contributed by atoms with E-state index in [0.29, 0.717) is 19.5 Å². The van der Waals surface area contributed by atoms with Crippen LogP contribution in [0.1, 0.15) is 32.3 Å². The highest BCUT2D eigenvalue weighted by atomic mass is 16.5. The predicted octanol–water partition coefficient (Wildman–Crippen LogP) is 1.68. The van der Waals surface area contributed by atoms with Crippen LogP contribution >= 0.6 is 0 Å². The number of likely N-dealkylation sites (tertiary alicyclic amines) is 1. The van der Waals surface area contributed by atoms with Gasteiger partial charge in [0.25, 0.3) is 0 Å². The maximum Gasteiger partial charge on any atom is 0.320 e. The molecular weight excluding hydrogens is 308 g/mol. The van der Waals surface area contributed by atoms with E-state index in [1.807, 2.05) is 38.1 Å². The quantitative estimate of drug-likeness (QED) is 0.756. The number of ether oxygens (including phenoxy) is 1. The number of amides is 1. The lowest BCUT2D eigenvalue weighted by molar-refractivity contribution is -0.142. The van der Waals surface area contributed by atoms with Crippen LogP contribution < -0.4 is 10.1 Å². The summed E-state index contributed by atoms with van der Waals surface area (Å²) in [7, 11) is 0. The largest absolute Gasteiger partial charge is 0.491 e. The summed E-state index contributed by atoms with van der Waals surface area (Å²) in [6.45, 7) is 5.33. The van der Waals surface area contributed by atoms with Gasteiger partial charge in [0.1, 0.15) is 11.8 Å². The van der Waals surface area contributed by atoms with Crippen molar-refractivity contribution in [1.82, 2.24) is 10.2 Å². The van der Waals surface area contributed by atoms with Crippen LogP contribution in [-0.4, -0.2) is 53.7 Å². The average Bonchev–Trinajstić information content (AvgIpc) is 2.97. The van der Waals surface area contributed by atoms with Gasteiger partial charge in [-0.1, -0.05) is 12.1 Å². The first-order valence-corrected chi connectivity index (χ1v) is 8.45. The van der Waals surface area contributed by atoms with Crippen LogP contribution in [0.5, 0.6) is 5.75 Å². The molecular formula is C18H26N2O4. The molecule has 6 heteroatoms. The van der Waals surface area contributed by atoms with Crippen LogP contribution in [0, 0.1) is 0 Å². The maximum atomic E-state index is 12.0. The molecule has 0 spiro atoms. The van der Waals surface area contributed by atoms with Gasteiger partial charge in [0.05, 0.1) is 12.6 Å². The molecule has 1 aromatic carbocycles. The van der Waals surface area contributed by atoms with Crippen molar-refractivity contribution in [2.75, 3.05) is 19.6 Å². The zero-order valence-electron chi connectivity index (χ0n) is 14.3. The van der Waals surface area contributed by atoms with Crippen molar-refractivity contribution in [1.29, 1.82) is 0 Å². The Morgan fingerprint density at radius 1 is 1.33 bits per heavy atom. The molecule has 0 radical (unpaired) electrons. The summed E-state index contributed by atoms with van der Waals surface area (Å²) < 4.78 is 5.59. The molecule has 0 unspecified atom stereocenters. The summed E-state index contributed by atoms with van der Waals surface area (Å²) >= 11 is 0. The Kier molecular flexibility index (Phi) is 6.61. The third kappa shape index (κ3) is 5.53. The van der Waals surface area contributed by atoms with Crippen molar-refractivity contribution >= 4 is 11.9 Å². The second kappa shape index (κ2) is 8.68. The first-order valence-electron chi connectivity index (χ1n) is 8.45. The van der Waals surface area contributed by atoms with Gasteiger partial charge < -0.3 is 15.2 Å². The lowest BCUT2D eigenvalue weighted by atomic mass is 10.1. The molecule has 2 N–H and O–H groups in total. The van der Waals surface area contributed by atoms with Gasteiger partial charge in [-0.15, -0.1) is 0 Å². The van der Waals surface area contributed by atoms with Gasteiger partial charge in [0.15, 0.2) is 0 Å². The summed E-state index contributed by atoms with van der Waals surface area (Å²) in [5, 5.41) is 12.0. The highest BCUT2D eigenvalue weighted by Crippen LogP contribution is 2.16. The Morgan fingerprint density at radius 3 is 2.67 bits per heavy atom. The predicted molar refractivity (Wildman–Crippen MR) is 91.2 cm³/mol. The van der Waals surface area contributed by atoms with E-state index < -0.39 is 12.0 Å². The van der Waals surface area contributed by atoms with Gasteiger partial charge in [0.2, 0.25) is 5.91 Å². The van der Waals surface area contributed by atoms with Crippen LogP contribution in [0.25, 0.3) is 0 Å². The second-order valence-electron chi connectivity index (χ2n) is 6.38. The molecule has 1 fully saturated rings. The number of hydrogen-bond acceptors (Lipinski definition) is 4. The van der Waals surface area contributed by atoms with E-state index in [1.165, 1.54) is 0 Å². The van der Waals surface area contributed by atoms with Gasteiger partial charge in [-0.25, -0.2) is 0 Å². The molecule has 2 rings (SSSR count). The molecule has 132 valence electrons.